The summed E-state index contributed by atoms with van der Waals surface area (Å²) in [7, 11) is 0. The topological polar surface area (TPSA) is 72.9 Å². The van der Waals surface area contributed by atoms with Gasteiger partial charge in [0.2, 0.25) is 0 Å². The second-order valence-corrected chi connectivity index (χ2v) is 8.06. The summed E-state index contributed by atoms with van der Waals surface area (Å²) in [6, 6.07) is 21.6. The molecule has 3 aromatic rings. The fourth-order valence-corrected chi connectivity index (χ4v) is 4.20. The molecule has 0 aliphatic carbocycles. The fourth-order valence-electron chi connectivity index (χ4n) is 3.36. The Kier molecular flexibility index (Phi) is 6.56. The highest BCUT2D eigenvalue weighted by molar-refractivity contribution is 8.18. The van der Waals surface area contributed by atoms with Crippen LogP contribution in [0.4, 0.5) is 4.79 Å². The number of esters is 1. The zero-order chi connectivity index (χ0) is 22.5. The molecular formula is C25H21NO5S. The number of hydrogen-bond donors (Lipinski definition) is 0. The first-order valence-electron chi connectivity index (χ1n) is 10.2. The summed E-state index contributed by atoms with van der Waals surface area (Å²) in [5.74, 6) is -0.404. The number of nitrogens with zero attached hydrogens (tertiary/aromatic N) is 1. The molecule has 2 amide bonds. The van der Waals surface area contributed by atoms with E-state index >= 15 is 0 Å². The van der Waals surface area contributed by atoms with Crippen LogP contribution in [-0.4, -0.2) is 35.2 Å². The zero-order valence-electron chi connectivity index (χ0n) is 17.4. The lowest BCUT2D eigenvalue weighted by molar-refractivity contribution is -0.145. The molecule has 0 bridgehead atoms. The van der Waals surface area contributed by atoms with Gasteiger partial charge in [0.1, 0.15) is 18.9 Å². The number of carbonyl (C=O) groups excluding carboxylic acids is 3. The Labute approximate surface area is 189 Å². The minimum Gasteiger partial charge on any atom is -0.489 e. The van der Waals surface area contributed by atoms with Crippen molar-refractivity contribution in [1.82, 2.24) is 4.90 Å². The smallest absolute Gasteiger partial charge is 0.326 e. The number of imide groups is 1. The number of carbonyl (C=O) groups is 3. The van der Waals surface area contributed by atoms with Gasteiger partial charge in [-0.05, 0) is 58.8 Å². The van der Waals surface area contributed by atoms with E-state index in [4.69, 9.17) is 9.47 Å². The monoisotopic (exact) mass is 447 g/mol. The average molecular weight is 448 g/mol. The highest BCUT2D eigenvalue weighted by Gasteiger charge is 2.36. The Hall–Kier alpha value is -3.58. The Morgan fingerprint density at radius 3 is 2.53 bits per heavy atom. The molecule has 1 heterocycles. The predicted molar refractivity (Wildman–Crippen MR) is 124 cm³/mol. The van der Waals surface area contributed by atoms with Crippen LogP contribution in [0.25, 0.3) is 16.8 Å². The maximum Gasteiger partial charge on any atom is 0.326 e. The van der Waals surface area contributed by atoms with Crippen molar-refractivity contribution in [3.8, 4) is 5.75 Å². The van der Waals surface area contributed by atoms with Gasteiger partial charge in [-0.25, -0.2) is 0 Å². The van der Waals surface area contributed by atoms with Crippen LogP contribution in [0.1, 0.15) is 18.1 Å². The summed E-state index contributed by atoms with van der Waals surface area (Å²) < 4.78 is 10.8. The van der Waals surface area contributed by atoms with E-state index in [9.17, 15) is 14.4 Å². The van der Waals surface area contributed by atoms with Crippen molar-refractivity contribution in [3.05, 3.63) is 82.8 Å². The Bertz CT molecular complexity index is 1200. The fraction of sp³-hybridized carbons (Fsp3) is 0.160. The van der Waals surface area contributed by atoms with Crippen molar-refractivity contribution in [2.75, 3.05) is 13.2 Å². The summed E-state index contributed by atoms with van der Waals surface area (Å²) in [5, 5.41) is 1.84. The summed E-state index contributed by atoms with van der Waals surface area (Å²) in [5.41, 5.74) is 1.85. The Balaban J connectivity index is 1.41. The molecule has 1 saturated heterocycles. The van der Waals surface area contributed by atoms with E-state index in [-0.39, 0.29) is 18.1 Å². The molecule has 0 saturated carbocycles. The SMILES string of the molecule is CCOC(=O)CN1C(=O)S/C(=C/c2ccc(OCc3cccc4ccccc34)cc2)C1=O. The van der Waals surface area contributed by atoms with Gasteiger partial charge in [0.25, 0.3) is 11.1 Å². The molecule has 0 unspecified atom stereocenters. The molecule has 3 aromatic carbocycles. The minimum absolute atomic E-state index is 0.194. The van der Waals surface area contributed by atoms with Crippen LogP contribution in [-0.2, 0) is 20.9 Å². The second-order valence-electron chi connectivity index (χ2n) is 7.07. The van der Waals surface area contributed by atoms with E-state index in [2.05, 4.69) is 18.2 Å². The van der Waals surface area contributed by atoms with Gasteiger partial charge in [-0.1, -0.05) is 54.6 Å². The standard InChI is InChI=1S/C25H21NO5S/c1-2-30-23(27)15-26-24(28)22(32-25(26)29)14-17-10-12-20(13-11-17)31-16-19-8-5-7-18-6-3-4-9-21(18)19/h3-14H,2,15-16H2,1H3/b22-14+. The molecule has 0 spiro atoms. The van der Waals surface area contributed by atoms with Gasteiger partial charge in [0.15, 0.2) is 0 Å². The highest BCUT2D eigenvalue weighted by atomic mass is 32.2. The van der Waals surface area contributed by atoms with E-state index in [0.717, 1.165) is 33.2 Å². The Morgan fingerprint density at radius 2 is 1.75 bits per heavy atom. The number of benzene rings is 3. The number of amides is 2. The molecule has 1 fully saturated rings. The van der Waals surface area contributed by atoms with Crippen LogP contribution in [0.2, 0.25) is 0 Å². The van der Waals surface area contributed by atoms with E-state index in [1.54, 1.807) is 13.0 Å². The van der Waals surface area contributed by atoms with Crippen LogP contribution in [0, 0.1) is 0 Å². The van der Waals surface area contributed by atoms with Crippen molar-refractivity contribution in [2.24, 2.45) is 0 Å². The molecule has 0 radical (unpaired) electrons. The number of thioether (sulfide) groups is 1. The van der Waals surface area contributed by atoms with Crippen LogP contribution in [0.15, 0.2) is 71.6 Å². The van der Waals surface area contributed by atoms with E-state index < -0.39 is 17.1 Å². The quantitative estimate of drug-likeness (QED) is 0.374. The van der Waals surface area contributed by atoms with Gasteiger partial charge in [0, 0.05) is 0 Å². The highest BCUT2D eigenvalue weighted by Crippen LogP contribution is 2.32. The minimum atomic E-state index is -0.608. The normalized spacial score (nSPS) is 14.9. The van der Waals surface area contributed by atoms with Crippen molar-refractivity contribution in [2.45, 2.75) is 13.5 Å². The third-order valence-electron chi connectivity index (χ3n) is 4.92. The molecular weight excluding hydrogens is 426 g/mol. The van der Waals surface area contributed by atoms with E-state index in [0.29, 0.717) is 12.4 Å². The van der Waals surface area contributed by atoms with Gasteiger partial charge in [-0.15, -0.1) is 0 Å². The lowest BCUT2D eigenvalue weighted by Crippen LogP contribution is -2.34. The number of ether oxygens (including phenoxy) is 2. The van der Waals surface area contributed by atoms with Crippen LogP contribution >= 0.6 is 11.8 Å². The number of hydrogen-bond acceptors (Lipinski definition) is 6. The first-order valence-corrected chi connectivity index (χ1v) is 11.0. The van der Waals surface area contributed by atoms with Crippen molar-refractivity contribution >= 4 is 45.7 Å². The molecule has 4 rings (SSSR count). The summed E-state index contributed by atoms with van der Waals surface area (Å²) >= 11 is 0.809. The summed E-state index contributed by atoms with van der Waals surface area (Å²) in [4.78, 5) is 37.4. The lowest BCUT2D eigenvalue weighted by atomic mass is 10.1. The second kappa shape index (κ2) is 9.70. The predicted octanol–water partition coefficient (Wildman–Crippen LogP) is 5.02. The lowest BCUT2D eigenvalue weighted by Gasteiger charge is -2.10. The maximum atomic E-state index is 12.5. The first-order chi connectivity index (χ1) is 15.5. The van der Waals surface area contributed by atoms with Gasteiger partial charge < -0.3 is 9.47 Å². The summed E-state index contributed by atoms with van der Waals surface area (Å²) in [6.45, 7) is 1.92. The zero-order valence-corrected chi connectivity index (χ0v) is 18.3. The largest absolute Gasteiger partial charge is 0.489 e. The molecule has 1 aliphatic heterocycles. The molecule has 6 nitrogen and oxygen atoms in total. The number of rotatable bonds is 7. The summed E-state index contributed by atoms with van der Waals surface area (Å²) in [6.07, 6.45) is 1.63. The molecule has 0 atom stereocenters. The van der Waals surface area contributed by atoms with Crippen molar-refractivity contribution in [3.63, 3.8) is 0 Å². The third-order valence-corrected chi connectivity index (χ3v) is 5.83. The van der Waals surface area contributed by atoms with Gasteiger partial charge in [0.05, 0.1) is 11.5 Å². The average Bonchev–Trinajstić information content (AvgIpc) is 3.06. The molecule has 32 heavy (non-hydrogen) atoms. The molecule has 0 aromatic heterocycles. The molecule has 1 aliphatic rings. The number of fused-ring (bicyclic) bond motifs is 1. The van der Waals surface area contributed by atoms with E-state index in [1.807, 2.05) is 48.5 Å². The maximum absolute atomic E-state index is 12.5. The van der Waals surface area contributed by atoms with Crippen LogP contribution < -0.4 is 4.74 Å². The Morgan fingerprint density at radius 1 is 1.00 bits per heavy atom. The molecule has 0 N–H and O–H groups in total. The van der Waals surface area contributed by atoms with Gasteiger partial charge >= 0.3 is 5.97 Å². The van der Waals surface area contributed by atoms with Crippen molar-refractivity contribution in [1.29, 1.82) is 0 Å². The molecule has 7 heteroatoms. The molecule has 162 valence electrons. The van der Waals surface area contributed by atoms with Gasteiger partial charge in [-0.3, -0.25) is 19.3 Å². The van der Waals surface area contributed by atoms with Crippen LogP contribution in [0.5, 0.6) is 5.75 Å². The van der Waals surface area contributed by atoms with E-state index in [1.165, 1.54) is 5.39 Å². The third kappa shape index (κ3) is 4.84. The van der Waals surface area contributed by atoms with Gasteiger partial charge in [-0.2, -0.15) is 0 Å². The van der Waals surface area contributed by atoms with Crippen LogP contribution in [0.3, 0.4) is 0 Å². The van der Waals surface area contributed by atoms with Crippen molar-refractivity contribution < 1.29 is 23.9 Å². The first kappa shape index (κ1) is 21.6.